The highest BCUT2D eigenvalue weighted by Gasteiger charge is 2.64. The smallest absolute Gasteiger partial charge is 0.244 e. The molecule has 1 amide bonds. The van der Waals surface area contributed by atoms with Crippen LogP contribution in [0.4, 0.5) is 0 Å². The van der Waals surface area contributed by atoms with E-state index in [1.807, 2.05) is 64.2 Å². The zero-order valence-corrected chi connectivity index (χ0v) is 27.9. The topological polar surface area (TPSA) is 75.9 Å². The molecule has 2 fully saturated rings. The summed E-state index contributed by atoms with van der Waals surface area (Å²) in [5.74, 6) is 0.725. The Hall–Kier alpha value is -3.25. The molecular weight excluding hydrogens is 703 g/mol. The van der Waals surface area contributed by atoms with Crippen LogP contribution in [-0.2, 0) is 16.9 Å². The molecule has 1 N–H and O–H groups in total. The first-order chi connectivity index (χ1) is 21.3. The van der Waals surface area contributed by atoms with E-state index in [0.29, 0.717) is 17.4 Å². The number of aromatic nitrogens is 4. The number of benzene rings is 4. The molecule has 2 unspecified atom stereocenters. The van der Waals surface area contributed by atoms with Gasteiger partial charge in [-0.3, -0.25) is 10.1 Å². The van der Waals surface area contributed by atoms with E-state index in [4.69, 9.17) is 11.6 Å². The molecule has 3 heterocycles. The van der Waals surface area contributed by atoms with Crippen LogP contribution in [-0.4, -0.2) is 47.2 Å². The number of hydrogen-bond acceptors (Lipinski definition) is 6. The van der Waals surface area contributed by atoms with E-state index in [2.05, 4.69) is 112 Å². The summed E-state index contributed by atoms with van der Waals surface area (Å²) < 4.78 is 2.67. The summed E-state index contributed by atoms with van der Waals surface area (Å²) >= 11 is 10.7. The Morgan fingerprint density at radius 1 is 0.909 bits per heavy atom. The fourth-order valence-corrected chi connectivity index (χ4v) is 8.71. The number of rotatable bonds is 8. The SMILES string of the molecule is CC1(C)S[C@@H]2C(NC(c3ccccc3)(c3ccccc3)c3cccc(Cl)c3)C(=O)N2C1c1nnnn1Cc1ccc(I)cc1. The van der Waals surface area contributed by atoms with Gasteiger partial charge in [-0.1, -0.05) is 96.5 Å². The minimum atomic E-state index is -0.824. The lowest BCUT2D eigenvalue weighted by Gasteiger charge is -2.49. The highest BCUT2D eigenvalue weighted by atomic mass is 127. The maximum Gasteiger partial charge on any atom is 0.244 e. The third kappa shape index (κ3) is 5.03. The lowest BCUT2D eigenvalue weighted by Crippen LogP contribution is -2.70. The first kappa shape index (κ1) is 29.5. The number of nitrogens with one attached hydrogen (secondary N) is 1. The van der Waals surface area contributed by atoms with E-state index in [0.717, 1.165) is 22.3 Å². The fraction of sp³-hybridized carbons (Fsp3) is 0.235. The maximum atomic E-state index is 14.3. The van der Waals surface area contributed by atoms with Crippen LogP contribution in [0, 0.1) is 3.57 Å². The van der Waals surface area contributed by atoms with Crippen LogP contribution < -0.4 is 5.32 Å². The number of tetrazole rings is 1. The molecule has 10 heteroatoms. The van der Waals surface area contributed by atoms with E-state index in [9.17, 15) is 4.79 Å². The number of carbonyl (C=O) groups excluding carboxylic acids is 1. The summed E-state index contributed by atoms with van der Waals surface area (Å²) in [6.07, 6.45) is 0. The van der Waals surface area contributed by atoms with Crippen LogP contribution in [0.1, 0.15) is 48.0 Å². The van der Waals surface area contributed by atoms with Gasteiger partial charge in [0.25, 0.3) is 0 Å². The Morgan fingerprint density at radius 3 is 2.18 bits per heavy atom. The molecule has 0 bridgehead atoms. The molecule has 0 saturated carbocycles. The van der Waals surface area contributed by atoms with Gasteiger partial charge in [0.1, 0.15) is 17.5 Å². The van der Waals surface area contributed by atoms with Gasteiger partial charge in [-0.15, -0.1) is 16.9 Å². The largest absolute Gasteiger partial charge is 0.315 e. The first-order valence-corrected chi connectivity index (χ1v) is 16.8. The van der Waals surface area contributed by atoms with Gasteiger partial charge in [0, 0.05) is 13.3 Å². The second-order valence-corrected chi connectivity index (χ2v) is 15.1. The summed E-state index contributed by atoms with van der Waals surface area (Å²) in [6, 6.07) is 36.1. The summed E-state index contributed by atoms with van der Waals surface area (Å²) in [5.41, 5.74) is 3.30. The minimum absolute atomic E-state index is 0.0279. The van der Waals surface area contributed by atoms with Crippen molar-refractivity contribution in [3.05, 3.63) is 146 Å². The molecule has 1 aromatic heterocycles. The molecule has 0 radical (unpaired) electrons. The van der Waals surface area contributed by atoms with Crippen molar-refractivity contribution in [2.75, 3.05) is 0 Å². The van der Waals surface area contributed by atoms with Crippen LogP contribution in [0.3, 0.4) is 0 Å². The molecule has 2 saturated heterocycles. The quantitative estimate of drug-likeness (QED) is 0.109. The van der Waals surface area contributed by atoms with Crippen molar-refractivity contribution in [1.29, 1.82) is 0 Å². The Bertz CT molecular complexity index is 1760. The van der Waals surface area contributed by atoms with Crippen molar-refractivity contribution in [3.8, 4) is 0 Å². The van der Waals surface area contributed by atoms with Gasteiger partial charge in [0.2, 0.25) is 5.91 Å². The molecule has 0 spiro atoms. The molecule has 44 heavy (non-hydrogen) atoms. The maximum absolute atomic E-state index is 14.3. The Balaban J connectivity index is 1.27. The molecule has 222 valence electrons. The molecule has 2 aliphatic rings. The van der Waals surface area contributed by atoms with Gasteiger partial charge in [-0.25, -0.2) is 4.68 Å². The molecule has 4 aromatic carbocycles. The van der Waals surface area contributed by atoms with Crippen LogP contribution in [0.25, 0.3) is 0 Å². The van der Waals surface area contributed by atoms with Crippen molar-refractivity contribution in [2.45, 2.75) is 48.1 Å². The molecule has 3 atom stereocenters. The number of carbonyl (C=O) groups is 1. The highest BCUT2D eigenvalue weighted by Crippen LogP contribution is 2.57. The predicted octanol–water partition coefficient (Wildman–Crippen LogP) is 6.66. The van der Waals surface area contributed by atoms with Crippen LogP contribution in [0.5, 0.6) is 0 Å². The van der Waals surface area contributed by atoms with Gasteiger partial charge >= 0.3 is 0 Å². The normalized spacial score (nSPS) is 20.8. The van der Waals surface area contributed by atoms with E-state index >= 15 is 0 Å². The number of β-lactam (4-membered cyclic amide) rings is 1. The standard InChI is InChI=1S/C34H30ClIN6OS/c1-33(2)29(30-38-39-40-41(30)21-22-16-18-27(36)19-17-22)42-31(43)28(32(42)44-33)37-34(23-10-5-3-6-11-23,24-12-7-4-8-13-24)25-14-9-15-26(35)20-25/h3-20,28-29,32,37H,21H2,1-2H3/t28?,29?,32-/m1/s1. The second-order valence-electron chi connectivity index (χ2n) is 11.7. The molecule has 0 aliphatic carbocycles. The van der Waals surface area contributed by atoms with E-state index in [1.165, 1.54) is 3.57 Å². The summed E-state index contributed by atoms with van der Waals surface area (Å²) in [5, 5.41) is 17.3. The Labute approximate surface area is 279 Å². The number of halogens is 2. The molecule has 7 rings (SSSR count). The average molecular weight is 733 g/mol. The third-order valence-electron chi connectivity index (χ3n) is 8.53. The van der Waals surface area contributed by atoms with Crippen LogP contribution in [0.2, 0.25) is 5.02 Å². The van der Waals surface area contributed by atoms with E-state index < -0.39 is 11.6 Å². The zero-order valence-electron chi connectivity index (χ0n) is 24.1. The minimum Gasteiger partial charge on any atom is -0.315 e. The van der Waals surface area contributed by atoms with Gasteiger partial charge in [0.15, 0.2) is 5.82 Å². The monoisotopic (exact) mass is 732 g/mol. The van der Waals surface area contributed by atoms with Crippen molar-refractivity contribution < 1.29 is 4.79 Å². The molecule has 7 nitrogen and oxygen atoms in total. The number of fused-ring (bicyclic) bond motifs is 1. The second kappa shape index (κ2) is 11.6. The number of amides is 1. The zero-order chi connectivity index (χ0) is 30.5. The molecule has 2 aliphatic heterocycles. The lowest BCUT2D eigenvalue weighted by atomic mass is 9.76. The van der Waals surface area contributed by atoms with Gasteiger partial charge < -0.3 is 4.90 Å². The number of nitrogens with zero attached hydrogens (tertiary/aromatic N) is 5. The summed E-state index contributed by atoms with van der Waals surface area (Å²) in [7, 11) is 0. The van der Waals surface area contributed by atoms with E-state index in [-0.39, 0.29) is 22.1 Å². The van der Waals surface area contributed by atoms with Crippen molar-refractivity contribution in [2.24, 2.45) is 0 Å². The average Bonchev–Trinajstić information content (AvgIpc) is 3.58. The highest BCUT2D eigenvalue weighted by molar-refractivity contribution is 14.1. The Kier molecular flexibility index (Phi) is 7.76. The lowest BCUT2D eigenvalue weighted by molar-refractivity contribution is -0.150. The van der Waals surface area contributed by atoms with Crippen molar-refractivity contribution in [3.63, 3.8) is 0 Å². The molecule has 5 aromatic rings. The number of hydrogen-bond donors (Lipinski definition) is 1. The van der Waals surface area contributed by atoms with Gasteiger partial charge in [-0.2, -0.15) is 0 Å². The molecular formula is C34H30ClIN6OS. The number of thioether (sulfide) groups is 1. The predicted molar refractivity (Wildman–Crippen MR) is 182 cm³/mol. The van der Waals surface area contributed by atoms with E-state index in [1.54, 1.807) is 11.8 Å². The summed E-state index contributed by atoms with van der Waals surface area (Å²) in [4.78, 5) is 16.3. The van der Waals surface area contributed by atoms with Gasteiger partial charge in [0.05, 0.1) is 12.1 Å². The van der Waals surface area contributed by atoms with Gasteiger partial charge in [-0.05, 0) is 93.4 Å². The van der Waals surface area contributed by atoms with Crippen LogP contribution >= 0.6 is 46.0 Å². The van der Waals surface area contributed by atoms with Crippen LogP contribution in [0.15, 0.2) is 109 Å². The first-order valence-electron chi connectivity index (χ1n) is 14.4. The van der Waals surface area contributed by atoms with Crippen molar-refractivity contribution in [1.82, 2.24) is 30.4 Å². The fourth-order valence-electron chi connectivity index (χ4n) is 6.53. The third-order valence-corrected chi connectivity index (χ3v) is 11.1. The Morgan fingerprint density at radius 2 is 1.55 bits per heavy atom. The van der Waals surface area contributed by atoms with Crippen molar-refractivity contribution >= 4 is 51.9 Å². The summed E-state index contributed by atoms with van der Waals surface area (Å²) in [6.45, 7) is 4.88.